The lowest BCUT2D eigenvalue weighted by Gasteiger charge is -2.14. The van der Waals surface area contributed by atoms with Crippen LogP contribution in [0.4, 0.5) is 13.2 Å². The Bertz CT molecular complexity index is 902. The van der Waals surface area contributed by atoms with Crippen LogP contribution in [0.5, 0.6) is 11.5 Å². The van der Waals surface area contributed by atoms with Gasteiger partial charge in [-0.05, 0) is 31.2 Å². The third kappa shape index (κ3) is 3.08. The van der Waals surface area contributed by atoms with E-state index in [0.29, 0.717) is 16.7 Å². The summed E-state index contributed by atoms with van der Waals surface area (Å²) in [5.74, 6) is -1.79. The Hall–Kier alpha value is -2.89. The number of Topliss-reactive ketones (excluding diaryl/α,β-unsaturated/α-hetero) is 1. The van der Waals surface area contributed by atoms with Crippen LogP contribution in [0, 0.1) is 6.92 Å². The molecule has 6 heteroatoms. The zero-order chi connectivity index (χ0) is 17.3. The molecule has 0 saturated heterocycles. The first-order chi connectivity index (χ1) is 11.4. The smallest absolute Gasteiger partial charge is 0.455 e. The van der Waals surface area contributed by atoms with Crippen LogP contribution in [0.15, 0.2) is 54.7 Å². The molecule has 0 bridgehead atoms. The molecule has 1 aromatic heterocycles. The van der Waals surface area contributed by atoms with Crippen LogP contribution in [-0.4, -0.2) is 16.9 Å². The summed E-state index contributed by atoms with van der Waals surface area (Å²) in [5, 5.41) is 0.341. The Balaban J connectivity index is 2.17. The van der Waals surface area contributed by atoms with Crippen molar-refractivity contribution in [2.75, 3.05) is 0 Å². The summed E-state index contributed by atoms with van der Waals surface area (Å²) in [7, 11) is 0. The van der Waals surface area contributed by atoms with Gasteiger partial charge in [0.15, 0.2) is 0 Å². The standard InChI is InChI=1S/C18H12F3NO2/c1-11-6-8-12(9-7-11)24-16-13-4-2-3-5-15(13)22-10-14(16)17(23)18(19,20)21/h2-10H,1H3. The normalized spacial score (nSPS) is 11.5. The second kappa shape index (κ2) is 5.96. The Labute approximate surface area is 135 Å². The van der Waals surface area contributed by atoms with Crippen molar-refractivity contribution in [3.8, 4) is 11.5 Å². The quantitative estimate of drug-likeness (QED) is 0.628. The molecule has 0 N–H and O–H groups in total. The summed E-state index contributed by atoms with van der Waals surface area (Å²) in [6.07, 6.45) is -4.10. The third-order valence-electron chi connectivity index (χ3n) is 3.47. The van der Waals surface area contributed by atoms with Gasteiger partial charge in [-0.3, -0.25) is 9.78 Å². The number of aryl methyl sites for hydroxylation is 1. The Morgan fingerprint density at radius 2 is 1.71 bits per heavy atom. The van der Waals surface area contributed by atoms with E-state index in [-0.39, 0.29) is 5.75 Å². The molecule has 2 aromatic carbocycles. The third-order valence-corrected chi connectivity index (χ3v) is 3.47. The molecule has 0 radical (unpaired) electrons. The maximum atomic E-state index is 12.9. The minimum absolute atomic E-state index is 0.147. The molecular formula is C18H12F3NO2. The van der Waals surface area contributed by atoms with E-state index in [0.717, 1.165) is 11.8 Å². The highest BCUT2D eigenvalue weighted by Gasteiger charge is 2.41. The van der Waals surface area contributed by atoms with E-state index in [1.807, 2.05) is 6.92 Å². The second-order valence-corrected chi connectivity index (χ2v) is 5.26. The van der Waals surface area contributed by atoms with Crippen molar-refractivity contribution in [3.63, 3.8) is 0 Å². The molecule has 0 aliphatic heterocycles. The number of pyridine rings is 1. The lowest BCUT2D eigenvalue weighted by molar-refractivity contribution is -0.0886. The van der Waals surface area contributed by atoms with E-state index in [9.17, 15) is 18.0 Å². The van der Waals surface area contributed by atoms with Crippen LogP contribution in [0.25, 0.3) is 10.9 Å². The SMILES string of the molecule is Cc1ccc(Oc2c(C(=O)C(F)(F)F)cnc3ccccc23)cc1. The molecule has 3 rings (SSSR count). The van der Waals surface area contributed by atoms with Gasteiger partial charge >= 0.3 is 6.18 Å². The van der Waals surface area contributed by atoms with E-state index >= 15 is 0 Å². The average Bonchev–Trinajstić information content (AvgIpc) is 2.56. The number of ether oxygens (including phenoxy) is 1. The number of benzene rings is 2. The Morgan fingerprint density at radius 3 is 2.38 bits per heavy atom. The van der Waals surface area contributed by atoms with Crippen LogP contribution in [0.1, 0.15) is 15.9 Å². The van der Waals surface area contributed by atoms with Gasteiger partial charge in [0.2, 0.25) is 0 Å². The molecule has 3 nitrogen and oxygen atoms in total. The summed E-state index contributed by atoms with van der Waals surface area (Å²) < 4.78 is 44.3. The maximum absolute atomic E-state index is 12.9. The minimum Gasteiger partial charge on any atom is -0.456 e. The summed E-state index contributed by atoms with van der Waals surface area (Å²) in [6.45, 7) is 1.88. The van der Waals surface area contributed by atoms with Gasteiger partial charge in [0, 0.05) is 11.6 Å². The van der Waals surface area contributed by atoms with Gasteiger partial charge in [0.1, 0.15) is 11.5 Å². The first-order valence-corrected chi connectivity index (χ1v) is 7.10. The largest absolute Gasteiger partial charge is 0.456 e. The molecule has 0 atom stereocenters. The number of halogens is 3. The van der Waals surface area contributed by atoms with E-state index in [4.69, 9.17) is 4.74 Å². The van der Waals surface area contributed by atoms with Crippen LogP contribution in [-0.2, 0) is 0 Å². The van der Waals surface area contributed by atoms with Gasteiger partial charge in [0.25, 0.3) is 5.78 Å². The van der Waals surface area contributed by atoms with Crippen molar-refractivity contribution < 1.29 is 22.7 Å². The van der Waals surface area contributed by atoms with Crippen molar-refractivity contribution in [1.29, 1.82) is 0 Å². The van der Waals surface area contributed by atoms with Crippen LogP contribution < -0.4 is 4.74 Å². The van der Waals surface area contributed by atoms with Gasteiger partial charge in [-0.1, -0.05) is 29.8 Å². The number of carbonyl (C=O) groups excluding carboxylic acids is 1. The fourth-order valence-corrected chi connectivity index (χ4v) is 2.26. The molecule has 3 aromatic rings. The van der Waals surface area contributed by atoms with E-state index in [2.05, 4.69) is 4.98 Å². The summed E-state index contributed by atoms with van der Waals surface area (Å²) in [6, 6.07) is 13.4. The number of rotatable bonds is 3. The van der Waals surface area contributed by atoms with Crippen molar-refractivity contribution in [2.24, 2.45) is 0 Å². The summed E-state index contributed by atoms with van der Waals surface area (Å²) in [5.41, 5.74) is 0.814. The number of ketones is 1. The molecule has 24 heavy (non-hydrogen) atoms. The minimum atomic E-state index is -5.00. The number of hydrogen-bond acceptors (Lipinski definition) is 3. The molecule has 0 aliphatic carbocycles. The number of para-hydroxylation sites is 1. The predicted molar refractivity (Wildman–Crippen MR) is 83.4 cm³/mol. The molecule has 0 saturated carbocycles. The van der Waals surface area contributed by atoms with Crippen LogP contribution in [0.2, 0.25) is 0 Å². The first-order valence-electron chi connectivity index (χ1n) is 7.10. The molecule has 0 fully saturated rings. The van der Waals surface area contributed by atoms with Gasteiger partial charge < -0.3 is 4.74 Å². The van der Waals surface area contributed by atoms with Gasteiger partial charge in [-0.25, -0.2) is 0 Å². The van der Waals surface area contributed by atoms with Crippen molar-refractivity contribution in [2.45, 2.75) is 13.1 Å². The molecule has 0 spiro atoms. The predicted octanol–water partition coefficient (Wildman–Crippen LogP) is 5.08. The second-order valence-electron chi connectivity index (χ2n) is 5.26. The molecule has 122 valence electrons. The molecule has 0 unspecified atom stereocenters. The van der Waals surface area contributed by atoms with Gasteiger partial charge in [0.05, 0.1) is 11.1 Å². The van der Waals surface area contributed by atoms with Crippen molar-refractivity contribution in [3.05, 3.63) is 65.9 Å². The lowest BCUT2D eigenvalue weighted by Crippen LogP contribution is -2.23. The van der Waals surface area contributed by atoms with E-state index < -0.39 is 17.5 Å². The summed E-state index contributed by atoms with van der Waals surface area (Å²) in [4.78, 5) is 15.7. The Morgan fingerprint density at radius 1 is 1.04 bits per heavy atom. The maximum Gasteiger partial charge on any atom is 0.455 e. The van der Waals surface area contributed by atoms with Gasteiger partial charge in [-0.2, -0.15) is 13.2 Å². The van der Waals surface area contributed by atoms with Crippen molar-refractivity contribution >= 4 is 16.7 Å². The van der Waals surface area contributed by atoms with Crippen LogP contribution in [0.3, 0.4) is 0 Å². The fourth-order valence-electron chi connectivity index (χ4n) is 2.26. The number of alkyl halides is 3. The van der Waals surface area contributed by atoms with E-state index in [1.54, 1.807) is 48.5 Å². The monoisotopic (exact) mass is 331 g/mol. The van der Waals surface area contributed by atoms with Gasteiger partial charge in [-0.15, -0.1) is 0 Å². The number of hydrogen-bond donors (Lipinski definition) is 0. The number of fused-ring (bicyclic) bond motifs is 1. The first kappa shape index (κ1) is 16.0. The molecular weight excluding hydrogens is 319 g/mol. The fraction of sp³-hybridized carbons (Fsp3) is 0.111. The van der Waals surface area contributed by atoms with Crippen LogP contribution >= 0.6 is 0 Å². The summed E-state index contributed by atoms with van der Waals surface area (Å²) >= 11 is 0. The van der Waals surface area contributed by atoms with Crippen molar-refractivity contribution in [1.82, 2.24) is 4.98 Å². The highest BCUT2D eigenvalue weighted by atomic mass is 19.4. The Kier molecular flexibility index (Phi) is 3.97. The molecule has 1 heterocycles. The number of carbonyl (C=O) groups is 1. The highest BCUT2D eigenvalue weighted by molar-refractivity contribution is 6.06. The zero-order valence-electron chi connectivity index (χ0n) is 12.6. The van der Waals surface area contributed by atoms with E-state index in [1.165, 1.54) is 0 Å². The number of nitrogens with zero attached hydrogens (tertiary/aromatic N) is 1. The topological polar surface area (TPSA) is 39.2 Å². The average molecular weight is 331 g/mol. The molecule has 0 amide bonds. The highest BCUT2D eigenvalue weighted by Crippen LogP contribution is 2.35. The number of aromatic nitrogens is 1. The lowest BCUT2D eigenvalue weighted by atomic mass is 10.1. The zero-order valence-corrected chi connectivity index (χ0v) is 12.6. The molecule has 0 aliphatic rings.